The molecule has 0 radical (unpaired) electrons. The fraction of sp³-hybridized carbons (Fsp3) is 0.429. The molecule has 1 atom stereocenters. The number of carbonyl (C=O) groups is 2. The Morgan fingerprint density at radius 2 is 1.90 bits per heavy atom. The number of aromatic nitrogens is 2. The summed E-state index contributed by atoms with van der Waals surface area (Å²) in [5.74, 6) is 0.282. The molecular formula is C21H27ClN4O2S. The number of amides is 2. The van der Waals surface area contributed by atoms with Gasteiger partial charge in [0.1, 0.15) is 6.04 Å². The number of thioether (sulfide) groups is 1. The van der Waals surface area contributed by atoms with Crippen LogP contribution in [0.5, 0.6) is 0 Å². The first kappa shape index (κ1) is 23.2. The number of halogens is 1. The summed E-state index contributed by atoms with van der Waals surface area (Å²) in [6.45, 7) is 8.38. The molecular weight excluding hydrogens is 408 g/mol. The summed E-state index contributed by atoms with van der Waals surface area (Å²) < 4.78 is 0. The van der Waals surface area contributed by atoms with Crippen LogP contribution in [0, 0.1) is 12.8 Å². The molecule has 1 heterocycles. The van der Waals surface area contributed by atoms with Gasteiger partial charge in [-0.05, 0) is 30.6 Å². The second kappa shape index (κ2) is 11.2. The van der Waals surface area contributed by atoms with E-state index in [0.717, 1.165) is 16.9 Å². The predicted octanol–water partition coefficient (Wildman–Crippen LogP) is 4.01. The van der Waals surface area contributed by atoms with E-state index in [1.807, 2.05) is 52.0 Å². The van der Waals surface area contributed by atoms with Gasteiger partial charge in [-0.25, -0.2) is 9.97 Å². The highest BCUT2D eigenvalue weighted by atomic mass is 35.5. The van der Waals surface area contributed by atoms with Crippen LogP contribution in [0.1, 0.15) is 48.8 Å². The summed E-state index contributed by atoms with van der Waals surface area (Å²) >= 11 is 7.54. The average Bonchev–Trinajstić information content (AvgIpc) is 2.68. The molecule has 2 amide bonds. The van der Waals surface area contributed by atoms with Crippen LogP contribution in [-0.2, 0) is 11.3 Å². The maximum atomic E-state index is 12.8. The lowest BCUT2D eigenvalue weighted by atomic mass is 10.0. The molecule has 1 aromatic carbocycles. The normalized spacial score (nSPS) is 11.9. The molecule has 0 bridgehead atoms. The van der Waals surface area contributed by atoms with Crippen molar-refractivity contribution in [1.29, 1.82) is 0 Å². The van der Waals surface area contributed by atoms with Crippen LogP contribution in [0.2, 0.25) is 5.02 Å². The van der Waals surface area contributed by atoms with Crippen molar-refractivity contribution in [3.05, 3.63) is 52.3 Å². The number of rotatable bonds is 9. The number of benzene rings is 1. The zero-order valence-corrected chi connectivity index (χ0v) is 18.7. The maximum absolute atomic E-state index is 12.8. The largest absolute Gasteiger partial charge is 0.350 e. The lowest BCUT2D eigenvalue weighted by molar-refractivity contribution is -0.123. The Bertz CT molecular complexity index is 843. The zero-order valence-electron chi connectivity index (χ0n) is 17.2. The van der Waals surface area contributed by atoms with Gasteiger partial charge in [0.25, 0.3) is 5.91 Å². The van der Waals surface area contributed by atoms with E-state index in [-0.39, 0.29) is 22.5 Å². The molecule has 0 saturated carbocycles. The second-order valence-corrected chi connectivity index (χ2v) is 8.78. The standard InChI is InChI=1S/C21H27ClN4O2S/c1-5-29-21-24-12-16(22)18(26-21)20(28)25-17(10-13(2)3)19(27)23-11-15-8-6-14(4)7-9-15/h6-9,12-13,17H,5,10-11H2,1-4H3,(H,23,27)(H,25,28). The average molecular weight is 435 g/mol. The molecule has 2 N–H and O–H groups in total. The van der Waals surface area contributed by atoms with Crippen molar-refractivity contribution >= 4 is 35.2 Å². The number of carbonyl (C=O) groups excluding carboxylic acids is 2. The van der Waals surface area contributed by atoms with Crippen molar-refractivity contribution in [2.45, 2.75) is 51.9 Å². The second-order valence-electron chi connectivity index (χ2n) is 7.14. The molecule has 156 valence electrons. The highest BCUT2D eigenvalue weighted by molar-refractivity contribution is 7.99. The van der Waals surface area contributed by atoms with E-state index in [1.165, 1.54) is 18.0 Å². The van der Waals surface area contributed by atoms with E-state index in [0.29, 0.717) is 18.1 Å². The smallest absolute Gasteiger partial charge is 0.272 e. The van der Waals surface area contributed by atoms with Gasteiger partial charge < -0.3 is 10.6 Å². The topological polar surface area (TPSA) is 84.0 Å². The van der Waals surface area contributed by atoms with Crippen molar-refractivity contribution in [2.75, 3.05) is 5.75 Å². The molecule has 2 rings (SSSR count). The van der Waals surface area contributed by atoms with Crippen LogP contribution in [0.4, 0.5) is 0 Å². The molecule has 0 aliphatic rings. The van der Waals surface area contributed by atoms with Gasteiger partial charge in [0.15, 0.2) is 10.9 Å². The number of nitrogens with zero attached hydrogens (tertiary/aromatic N) is 2. The minimum absolute atomic E-state index is 0.0812. The molecule has 2 aromatic rings. The lowest BCUT2D eigenvalue weighted by Gasteiger charge is -2.20. The minimum Gasteiger partial charge on any atom is -0.350 e. The van der Waals surface area contributed by atoms with Crippen molar-refractivity contribution in [1.82, 2.24) is 20.6 Å². The lowest BCUT2D eigenvalue weighted by Crippen LogP contribution is -2.47. The monoisotopic (exact) mass is 434 g/mol. The Morgan fingerprint density at radius 3 is 2.52 bits per heavy atom. The highest BCUT2D eigenvalue weighted by Crippen LogP contribution is 2.18. The molecule has 0 saturated heterocycles. The molecule has 0 spiro atoms. The molecule has 0 aliphatic heterocycles. The summed E-state index contributed by atoms with van der Waals surface area (Å²) in [5.41, 5.74) is 2.24. The summed E-state index contributed by atoms with van der Waals surface area (Å²) in [6, 6.07) is 7.26. The summed E-state index contributed by atoms with van der Waals surface area (Å²) in [5, 5.41) is 6.33. The number of aryl methyl sites for hydroxylation is 1. The number of nitrogens with one attached hydrogen (secondary N) is 2. The van der Waals surface area contributed by atoms with Crippen molar-refractivity contribution < 1.29 is 9.59 Å². The van der Waals surface area contributed by atoms with E-state index in [9.17, 15) is 9.59 Å². The zero-order chi connectivity index (χ0) is 21.4. The third-order valence-corrected chi connectivity index (χ3v) is 5.15. The van der Waals surface area contributed by atoms with Gasteiger partial charge in [-0.3, -0.25) is 9.59 Å². The van der Waals surface area contributed by atoms with E-state index in [2.05, 4.69) is 20.6 Å². The SMILES string of the molecule is CCSc1ncc(Cl)c(C(=O)NC(CC(C)C)C(=O)NCc2ccc(C)cc2)n1. The Balaban J connectivity index is 2.09. The van der Waals surface area contributed by atoms with Gasteiger partial charge in [-0.15, -0.1) is 0 Å². The molecule has 1 unspecified atom stereocenters. The van der Waals surface area contributed by atoms with Gasteiger partial charge in [-0.2, -0.15) is 0 Å². The highest BCUT2D eigenvalue weighted by Gasteiger charge is 2.24. The number of hydrogen-bond acceptors (Lipinski definition) is 5. The van der Waals surface area contributed by atoms with Gasteiger partial charge >= 0.3 is 0 Å². The van der Waals surface area contributed by atoms with Gasteiger partial charge in [0, 0.05) is 6.54 Å². The Morgan fingerprint density at radius 1 is 1.21 bits per heavy atom. The summed E-state index contributed by atoms with van der Waals surface area (Å²) in [4.78, 5) is 33.8. The molecule has 8 heteroatoms. The quantitative estimate of drug-likeness (QED) is 0.460. The Kier molecular flexibility index (Phi) is 8.92. The van der Waals surface area contributed by atoms with Crippen LogP contribution in [0.25, 0.3) is 0 Å². The van der Waals surface area contributed by atoms with Crippen LogP contribution in [0.15, 0.2) is 35.6 Å². The molecule has 0 fully saturated rings. The Hall–Kier alpha value is -2.12. The van der Waals surface area contributed by atoms with E-state index in [1.54, 1.807) is 0 Å². The minimum atomic E-state index is -0.679. The van der Waals surface area contributed by atoms with Crippen molar-refractivity contribution in [3.8, 4) is 0 Å². The predicted molar refractivity (Wildman–Crippen MR) is 117 cm³/mol. The van der Waals surface area contributed by atoms with Crippen molar-refractivity contribution in [3.63, 3.8) is 0 Å². The van der Waals surface area contributed by atoms with Crippen LogP contribution in [0.3, 0.4) is 0 Å². The van der Waals surface area contributed by atoms with Crippen LogP contribution in [-0.4, -0.2) is 33.6 Å². The van der Waals surface area contributed by atoms with E-state index < -0.39 is 11.9 Å². The third kappa shape index (κ3) is 7.33. The molecule has 29 heavy (non-hydrogen) atoms. The molecule has 0 aliphatic carbocycles. The Labute approximate surface area is 181 Å². The fourth-order valence-corrected chi connectivity index (χ4v) is 3.37. The molecule has 6 nitrogen and oxygen atoms in total. The van der Waals surface area contributed by atoms with Crippen molar-refractivity contribution in [2.24, 2.45) is 5.92 Å². The fourth-order valence-electron chi connectivity index (χ4n) is 2.66. The van der Waals surface area contributed by atoms with E-state index >= 15 is 0 Å². The van der Waals surface area contributed by atoms with Gasteiger partial charge in [-0.1, -0.05) is 74.0 Å². The van der Waals surface area contributed by atoms with Crippen LogP contribution >= 0.6 is 23.4 Å². The summed E-state index contributed by atoms with van der Waals surface area (Å²) in [6.07, 6.45) is 1.92. The third-order valence-electron chi connectivity index (χ3n) is 4.13. The number of hydrogen-bond donors (Lipinski definition) is 2. The summed E-state index contributed by atoms with van der Waals surface area (Å²) in [7, 11) is 0. The van der Waals surface area contributed by atoms with Crippen LogP contribution < -0.4 is 10.6 Å². The van der Waals surface area contributed by atoms with E-state index in [4.69, 9.17) is 11.6 Å². The van der Waals surface area contributed by atoms with Gasteiger partial charge in [0.2, 0.25) is 5.91 Å². The van der Waals surface area contributed by atoms with Gasteiger partial charge in [0.05, 0.1) is 11.2 Å². The first-order valence-corrected chi connectivity index (χ1v) is 11.0. The first-order valence-electron chi connectivity index (χ1n) is 9.59. The maximum Gasteiger partial charge on any atom is 0.272 e. The molecule has 1 aromatic heterocycles. The first-order chi connectivity index (χ1) is 13.8.